The van der Waals surface area contributed by atoms with Crippen molar-refractivity contribution in [3.63, 3.8) is 0 Å². The molecule has 5 nitrogen and oxygen atoms in total. The fraction of sp³-hybridized carbons (Fsp3) is 0.417. The minimum Gasteiger partial charge on any atom is -0.486 e. The second-order valence-electron chi connectivity index (χ2n) is 8.33. The fourth-order valence-electron chi connectivity index (χ4n) is 4.70. The van der Waals surface area contributed by atoms with Crippen molar-refractivity contribution in [3.8, 4) is 5.75 Å². The van der Waals surface area contributed by atoms with Crippen LogP contribution >= 0.6 is 12.2 Å². The first-order valence-electron chi connectivity index (χ1n) is 10.9. The molecule has 1 saturated heterocycles. The summed E-state index contributed by atoms with van der Waals surface area (Å²) in [6, 6.07) is 10.3. The van der Waals surface area contributed by atoms with Gasteiger partial charge in [0.2, 0.25) is 0 Å². The lowest BCUT2D eigenvalue weighted by molar-refractivity contribution is -0.124. The largest absolute Gasteiger partial charge is 0.486 e. The van der Waals surface area contributed by atoms with Gasteiger partial charge >= 0.3 is 0 Å². The number of hydrogen-bond acceptors (Lipinski definition) is 4. The van der Waals surface area contributed by atoms with E-state index in [1.165, 1.54) is 30.4 Å². The Kier molecular flexibility index (Phi) is 5.34. The molecule has 2 aliphatic carbocycles. The number of ether oxygens (including phenoxy) is 1. The van der Waals surface area contributed by atoms with Gasteiger partial charge in [-0.05, 0) is 79.7 Å². The molecule has 6 heteroatoms. The summed E-state index contributed by atoms with van der Waals surface area (Å²) in [5, 5.41) is 3.57. The third-order valence-corrected chi connectivity index (χ3v) is 6.57. The molecule has 0 unspecified atom stereocenters. The maximum absolute atomic E-state index is 12.9. The Morgan fingerprint density at radius 1 is 1.10 bits per heavy atom. The molecule has 1 N–H and O–H groups in total. The number of nitrogens with one attached hydrogen (secondary N) is 1. The van der Waals surface area contributed by atoms with Crippen LogP contribution in [-0.2, 0) is 24.2 Å². The summed E-state index contributed by atoms with van der Waals surface area (Å²) in [7, 11) is 0. The number of benzene rings is 1. The van der Waals surface area contributed by atoms with Crippen LogP contribution in [0.25, 0.3) is 6.08 Å². The monoisotopic (exact) mass is 422 g/mol. The lowest BCUT2D eigenvalue weighted by atomic mass is 9.94. The van der Waals surface area contributed by atoms with Gasteiger partial charge in [0.1, 0.15) is 29.6 Å². The lowest BCUT2D eigenvalue weighted by Gasteiger charge is -2.29. The molecule has 2 fully saturated rings. The Labute approximate surface area is 182 Å². The van der Waals surface area contributed by atoms with Gasteiger partial charge in [-0.2, -0.15) is 0 Å². The van der Waals surface area contributed by atoms with E-state index in [-0.39, 0.29) is 11.9 Å². The highest BCUT2D eigenvalue weighted by atomic mass is 32.1. The third-order valence-electron chi connectivity index (χ3n) is 6.27. The number of aryl methyl sites for hydroxylation is 2. The number of nitrogens with zero attached hydrogens (tertiary/aromatic N) is 1. The molecule has 1 aliphatic heterocycles. The van der Waals surface area contributed by atoms with E-state index >= 15 is 0 Å². The zero-order chi connectivity index (χ0) is 20.5. The van der Waals surface area contributed by atoms with Gasteiger partial charge in [-0.3, -0.25) is 9.69 Å². The standard InChI is InChI=1S/C24H26N2O3S/c27-23-22(25-24(30)26(23)18-7-2-1-3-8-18)14-20-11-12-21(29-20)15-28-19-10-9-16-5-4-6-17(16)13-19/h9-14,18H,1-8,15H2,(H,25,30)/b22-14+. The van der Waals surface area contributed by atoms with Gasteiger partial charge < -0.3 is 14.5 Å². The van der Waals surface area contributed by atoms with Crippen LogP contribution in [0.3, 0.4) is 0 Å². The molecule has 1 amide bonds. The number of amides is 1. The minimum atomic E-state index is -0.0563. The van der Waals surface area contributed by atoms with Crippen LogP contribution in [0.1, 0.15) is 61.2 Å². The van der Waals surface area contributed by atoms with E-state index in [1.54, 1.807) is 11.0 Å². The molecule has 156 valence electrons. The first-order chi connectivity index (χ1) is 14.7. The van der Waals surface area contributed by atoms with Crippen molar-refractivity contribution >= 4 is 29.3 Å². The van der Waals surface area contributed by atoms with E-state index in [0.29, 0.717) is 23.2 Å². The molecule has 0 bridgehead atoms. The van der Waals surface area contributed by atoms with E-state index < -0.39 is 0 Å². The molecule has 1 saturated carbocycles. The van der Waals surface area contributed by atoms with Gasteiger partial charge in [0.25, 0.3) is 5.91 Å². The van der Waals surface area contributed by atoms with Crippen LogP contribution < -0.4 is 10.1 Å². The van der Waals surface area contributed by atoms with Crippen molar-refractivity contribution in [2.24, 2.45) is 0 Å². The lowest BCUT2D eigenvalue weighted by Crippen LogP contribution is -2.41. The molecule has 30 heavy (non-hydrogen) atoms. The zero-order valence-corrected chi connectivity index (χ0v) is 17.8. The second kappa shape index (κ2) is 8.26. The normalized spacial score (nSPS) is 20.7. The number of carbonyl (C=O) groups is 1. The molecule has 1 aromatic heterocycles. The van der Waals surface area contributed by atoms with E-state index in [4.69, 9.17) is 21.4 Å². The van der Waals surface area contributed by atoms with Crippen LogP contribution in [0.5, 0.6) is 5.75 Å². The highest BCUT2D eigenvalue weighted by Gasteiger charge is 2.36. The van der Waals surface area contributed by atoms with E-state index in [0.717, 1.165) is 43.6 Å². The Balaban J connectivity index is 1.23. The molecule has 0 radical (unpaired) electrons. The Morgan fingerprint density at radius 3 is 2.80 bits per heavy atom. The highest BCUT2D eigenvalue weighted by Crippen LogP contribution is 2.28. The Bertz CT molecular complexity index is 1000. The zero-order valence-electron chi connectivity index (χ0n) is 17.0. The predicted octanol–water partition coefficient (Wildman–Crippen LogP) is 4.74. The maximum Gasteiger partial charge on any atom is 0.276 e. The Morgan fingerprint density at radius 2 is 1.93 bits per heavy atom. The molecule has 3 aliphatic rings. The summed E-state index contributed by atoms with van der Waals surface area (Å²) in [5.41, 5.74) is 3.30. The molecule has 2 heterocycles. The first kappa shape index (κ1) is 19.4. The number of rotatable bonds is 5. The van der Waals surface area contributed by atoms with E-state index in [1.807, 2.05) is 18.2 Å². The molecule has 2 aromatic rings. The number of furan rings is 1. The fourth-order valence-corrected chi connectivity index (χ4v) is 5.05. The van der Waals surface area contributed by atoms with Gasteiger partial charge in [-0.25, -0.2) is 0 Å². The Hall–Kier alpha value is -2.60. The van der Waals surface area contributed by atoms with Crippen LogP contribution in [0.15, 0.2) is 40.4 Å². The number of carbonyl (C=O) groups excluding carboxylic acids is 1. The topological polar surface area (TPSA) is 54.7 Å². The van der Waals surface area contributed by atoms with Gasteiger partial charge in [0.05, 0.1) is 0 Å². The van der Waals surface area contributed by atoms with Crippen LogP contribution in [0.2, 0.25) is 0 Å². The minimum absolute atomic E-state index is 0.0563. The van der Waals surface area contributed by atoms with Gasteiger partial charge in [-0.1, -0.05) is 25.3 Å². The summed E-state index contributed by atoms with van der Waals surface area (Å²) in [5.74, 6) is 2.15. The van der Waals surface area contributed by atoms with Crippen molar-refractivity contribution < 1.29 is 13.9 Å². The number of hydrogen-bond donors (Lipinski definition) is 1. The van der Waals surface area contributed by atoms with Crippen LogP contribution in [-0.4, -0.2) is 22.0 Å². The average Bonchev–Trinajstić information content (AvgIpc) is 3.47. The summed E-state index contributed by atoms with van der Waals surface area (Å²) in [4.78, 5) is 14.6. The summed E-state index contributed by atoms with van der Waals surface area (Å²) >= 11 is 5.43. The van der Waals surface area contributed by atoms with E-state index in [2.05, 4.69) is 17.4 Å². The third kappa shape index (κ3) is 3.88. The van der Waals surface area contributed by atoms with Crippen molar-refractivity contribution in [1.82, 2.24) is 10.2 Å². The average molecular weight is 423 g/mol. The molecule has 0 atom stereocenters. The highest BCUT2D eigenvalue weighted by molar-refractivity contribution is 7.80. The predicted molar refractivity (Wildman–Crippen MR) is 119 cm³/mol. The van der Waals surface area contributed by atoms with Crippen molar-refractivity contribution in [3.05, 3.63) is 58.7 Å². The maximum atomic E-state index is 12.9. The summed E-state index contributed by atoms with van der Waals surface area (Å²) in [6.45, 7) is 0.357. The van der Waals surface area contributed by atoms with Crippen LogP contribution in [0, 0.1) is 0 Å². The molecular formula is C24H26N2O3S. The van der Waals surface area contributed by atoms with Gasteiger partial charge in [0, 0.05) is 12.1 Å². The summed E-state index contributed by atoms with van der Waals surface area (Å²) < 4.78 is 11.8. The van der Waals surface area contributed by atoms with Crippen LogP contribution in [0.4, 0.5) is 0 Å². The number of fused-ring (bicyclic) bond motifs is 1. The van der Waals surface area contributed by atoms with E-state index in [9.17, 15) is 4.79 Å². The number of thiocarbonyl (C=S) groups is 1. The summed E-state index contributed by atoms with van der Waals surface area (Å²) in [6.07, 6.45) is 10.8. The first-order valence-corrected chi connectivity index (χ1v) is 11.3. The van der Waals surface area contributed by atoms with Gasteiger partial charge in [0.15, 0.2) is 5.11 Å². The quantitative estimate of drug-likeness (QED) is 0.557. The van der Waals surface area contributed by atoms with Gasteiger partial charge in [-0.15, -0.1) is 0 Å². The SMILES string of the molecule is O=C1/C(=C\c2ccc(COc3ccc4c(c3)CCC4)o2)NC(=S)N1C1CCCCC1. The van der Waals surface area contributed by atoms with Crippen molar-refractivity contribution in [2.75, 3.05) is 0 Å². The van der Waals surface area contributed by atoms with Crippen molar-refractivity contribution in [2.45, 2.75) is 64.0 Å². The van der Waals surface area contributed by atoms with Crippen molar-refractivity contribution in [1.29, 1.82) is 0 Å². The molecule has 5 rings (SSSR count). The molecular weight excluding hydrogens is 396 g/mol. The smallest absolute Gasteiger partial charge is 0.276 e. The second-order valence-corrected chi connectivity index (χ2v) is 8.72. The molecule has 0 spiro atoms. The molecule has 1 aromatic carbocycles.